The second kappa shape index (κ2) is 3.77. The molecule has 2 nitrogen and oxygen atoms in total. The molecule has 1 saturated heterocycles. The van der Waals surface area contributed by atoms with Crippen molar-refractivity contribution in [3.8, 4) is 0 Å². The molecule has 0 radical (unpaired) electrons. The van der Waals surface area contributed by atoms with E-state index < -0.39 is 0 Å². The quantitative estimate of drug-likeness (QED) is 0.570. The second-order valence-corrected chi connectivity index (χ2v) is 3.19. The van der Waals surface area contributed by atoms with Crippen molar-refractivity contribution in [1.82, 2.24) is 4.90 Å². The Morgan fingerprint density at radius 2 is 2.27 bits per heavy atom. The summed E-state index contributed by atoms with van der Waals surface area (Å²) >= 11 is 0. The molecule has 0 bridgehead atoms. The molecule has 0 aromatic rings. The average Bonchev–Trinajstić information content (AvgIpc) is 2.13. The van der Waals surface area contributed by atoms with Crippen LogP contribution in [0.4, 0.5) is 0 Å². The lowest BCUT2D eigenvalue weighted by molar-refractivity contribution is 0.0761. The highest BCUT2D eigenvalue weighted by atomic mass is 16.5. The summed E-state index contributed by atoms with van der Waals surface area (Å²) in [7, 11) is 0. The van der Waals surface area contributed by atoms with Crippen LogP contribution in [-0.4, -0.2) is 30.7 Å². The maximum absolute atomic E-state index is 5.50. The van der Waals surface area contributed by atoms with Gasteiger partial charge in [0.2, 0.25) is 0 Å². The number of nitrogens with zero attached hydrogens (tertiary/aromatic N) is 1. The third-order valence-corrected chi connectivity index (χ3v) is 2.11. The fourth-order valence-electron chi connectivity index (χ4n) is 1.28. The van der Waals surface area contributed by atoms with Gasteiger partial charge in [-0.3, -0.25) is 0 Å². The third kappa shape index (κ3) is 2.54. The van der Waals surface area contributed by atoms with E-state index in [1.165, 1.54) is 0 Å². The summed E-state index contributed by atoms with van der Waals surface area (Å²) in [6.45, 7) is 11.0. The lowest BCUT2D eigenvalue weighted by Crippen LogP contribution is -2.23. The summed E-state index contributed by atoms with van der Waals surface area (Å²) in [5.74, 6) is 0. The van der Waals surface area contributed by atoms with Gasteiger partial charge in [-0.1, -0.05) is 6.58 Å². The van der Waals surface area contributed by atoms with E-state index in [-0.39, 0.29) is 0 Å². The van der Waals surface area contributed by atoms with Crippen molar-refractivity contribution in [3.63, 3.8) is 0 Å². The van der Waals surface area contributed by atoms with E-state index in [4.69, 9.17) is 4.74 Å². The molecular weight excluding hydrogens is 138 g/mol. The van der Waals surface area contributed by atoms with Crippen LogP contribution >= 0.6 is 0 Å². The lowest BCUT2D eigenvalue weighted by Gasteiger charge is -2.21. The van der Waals surface area contributed by atoms with Gasteiger partial charge in [0.15, 0.2) is 0 Å². The van der Waals surface area contributed by atoms with Crippen molar-refractivity contribution in [3.05, 3.63) is 12.3 Å². The number of allylic oxidation sites excluding steroid dienone is 1. The Balaban J connectivity index is 2.40. The van der Waals surface area contributed by atoms with Crippen molar-refractivity contribution >= 4 is 0 Å². The van der Waals surface area contributed by atoms with E-state index in [2.05, 4.69) is 25.3 Å². The van der Waals surface area contributed by atoms with Gasteiger partial charge >= 0.3 is 0 Å². The molecule has 11 heavy (non-hydrogen) atoms. The summed E-state index contributed by atoms with van der Waals surface area (Å²) in [6.07, 6.45) is 1.53. The van der Waals surface area contributed by atoms with Gasteiger partial charge in [-0.2, -0.15) is 0 Å². The van der Waals surface area contributed by atoms with Crippen molar-refractivity contribution in [1.29, 1.82) is 0 Å². The normalized spacial score (nSPS) is 26.4. The van der Waals surface area contributed by atoms with Gasteiger partial charge in [-0.25, -0.2) is 0 Å². The summed E-state index contributed by atoms with van der Waals surface area (Å²) in [4.78, 5) is 2.28. The Kier molecular flexibility index (Phi) is 2.94. The van der Waals surface area contributed by atoms with Crippen LogP contribution in [0.1, 0.15) is 20.3 Å². The first-order valence-electron chi connectivity index (χ1n) is 4.22. The average molecular weight is 155 g/mol. The van der Waals surface area contributed by atoms with Gasteiger partial charge < -0.3 is 9.64 Å². The highest BCUT2D eigenvalue weighted by Gasteiger charge is 2.12. The monoisotopic (exact) mass is 155 g/mol. The maximum atomic E-state index is 5.50. The Morgan fingerprint density at radius 1 is 1.55 bits per heavy atom. The first-order valence-corrected chi connectivity index (χ1v) is 4.22. The predicted octanol–water partition coefficient (Wildman–Crippen LogP) is 1.63. The fraction of sp³-hybridized carbons (Fsp3) is 0.778. The molecule has 0 unspecified atom stereocenters. The minimum atomic E-state index is 0.416. The van der Waals surface area contributed by atoms with Crippen LogP contribution in [0.15, 0.2) is 12.3 Å². The SMILES string of the molecule is C=C(C)N1CCO[C@H](C)CC1. The smallest absolute Gasteiger partial charge is 0.0645 e. The molecule has 0 aliphatic carbocycles. The molecule has 0 amide bonds. The van der Waals surface area contributed by atoms with Gasteiger partial charge in [-0.05, 0) is 20.3 Å². The second-order valence-electron chi connectivity index (χ2n) is 3.19. The Hall–Kier alpha value is -0.500. The summed E-state index contributed by atoms with van der Waals surface area (Å²) in [5, 5.41) is 0. The van der Waals surface area contributed by atoms with Gasteiger partial charge in [0.25, 0.3) is 0 Å². The van der Waals surface area contributed by atoms with Gasteiger partial charge in [0.1, 0.15) is 0 Å². The Morgan fingerprint density at radius 3 is 2.91 bits per heavy atom. The van der Waals surface area contributed by atoms with Crippen molar-refractivity contribution in [2.75, 3.05) is 19.7 Å². The summed E-state index contributed by atoms with van der Waals surface area (Å²) < 4.78 is 5.50. The molecule has 0 aromatic heterocycles. The highest BCUT2D eigenvalue weighted by molar-refractivity contribution is 4.89. The van der Waals surface area contributed by atoms with E-state index in [1.54, 1.807) is 0 Å². The van der Waals surface area contributed by atoms with Gasteiger partial charge in [0.05, 0.1) is 12.7 Å². The highest BCUT2D eigenvalue weighted by Crippen LogP contribution is 2.09. The lowest BCUT2D eigenvalue weighted by atomic mass is 10.3. The van der Waals surface area contributed by atoms with Crippen molar-refractivity contribution in [2.24, 2.45) is 0 Å². The maximum Gasteiger partial charge on any atom is 0.0645 e. The van der Waals surface area contributed by atoms with E-state index in [9.17, 15) is 0 Å². The van der Waals surface area contributed by atoms with Crippen LogP contribution in [0.2, 0.25) is 0 Å². The van der Waals surface area contributed by atoms with Crippen LogP contribution in [0, 0.1) is 0 Å². The van der Waals surface area contributed by atoms with E-state index in [0.29, 0.717) is 6.10 Å². The third-order valence-electron chi connectivity index (χ3n) is 2.11. The van der Waals surface area contributed by atoms with E-state index >= 15 is 0 Å². The Bertz CT molecular complexity index is 144. The van der Waals surface area contributed by atoms with Crippen LogP contribution in [0.25, 0.3) is 0 Å². The minimum absolute atomic E-state index is 0.416. The molecule has 2 heteroatoms. The number of hydrogen-bond acceptors (Lipinski definition) is 2. The standard InChI is InChI=1S/C9H17NO/c1-8(2)10-5-4-9(3)11-7-6-10/h9H,1,4-7H2,2-3H3/t9-/m1/s1. The molecule has 1 aliphatic heterocycles. The van der Waals surface area contributed by atoms with Crippen LogP contribution in [0.3, 0.4) is 0 Å². The van der Waals surface area contributed by atoms with Crippen LogP contribution in [0.5, 0.6) is 0 Å². The minimum Gasteiger partial charge on any atom is -0.377 e. The molecule has 1 heterocycles. The van der Waals surface area contributed by atoms with Crippen molar-refractivity contribution < 1.29 is 4.74 Å². The Labute approximate surface area is 68.8 Å². The van der Waals surface area contributed by atoms with Crippen LogP contribution < -0.4 is 0 Å². The van der Waals surface area contributed by atoms with Gasteiger partial charge in [-0.15, -0.1) is 0 Å². The largest absolute Gasteiger partial charge is 0.377 e. The number of rotatable bonds is 1. The summed E-state index contributed by atoms with van der Waals surface area (Å²) in [6, 6.07) is 0. The van der Waals surface area contributed by atoms with Gasteiger partial charge in [0, 0.05) is 18.8 Å². The molecule has 0 spiro atoms. The zero-order chi connectivity index (χ0) is 8.27. The molecule has 0 N–H and O–H groups in total. The van der Waals surface area contributed by atoms with E-state index in [1.807, 2.05) is 0 Å². The zero-order valence-electron chi connectivity index (χ0n) is 7.47. The number of ether oxygens (including phenoxy) is 1. The topological polar surface area (TPSA) is 12.5 Å². The molecule has 1 rings (SSSR count). The van der Waals surface area contributed by atoms with E-state index in [0.717, 1.165) is 31.8 Å². The molecule has 0 aromatic carbocycles. The predicted molar refractivity (Wildman–Crippen MR) is 46.4 cm³/mol. The van der Waals surface area contributed by atoms with Crippen LogP contribution in [-0.2, 0) is 4.74 Å². The van der Waals surface area contributed by atoms with Crippen molar-refractivity contribution in [2.45, 2.75) is 26.4 Å². The molecule has 1 aliphatic rings. The summed E-state index contributed by atoms with van der Waals surface area (Å²) in [5.41, 5.74) is 1.16. The zero-order valence-corrected chi connectivity index (χ0v) is 7.47. The number of hydrogen-bond donors (Lipinski definition) is 0. The molecule has 64 valence electrons. The molecule has 0 saturated carbocycles. The molecule has 1 atom stereocenters. The first-order chi connectivity index (χ1) is 5.20. The first kappa shape index (κ1) is 8.60. The molecular formula is C9H17NO. The molecule has 1 fully saturated rings. The fourth-order valence-corrected chi connectivity index (χ4v) is 1.28.